The van der Waals surface area contributed by atoms with Gasteiger partial charge < -0.3 is 9.47 Å². The van der Waals surface area contributed by atoms with Crippen LogP contribution in [-0.4, -0.2) is 43.0 Å². The summed E-state index contributed by atoms with van der Waals surface area (Å²) in [6.07, 6.45) is 0. The maximum atomic E-state index is 13.6. The molecule has 0 saturated carbocycles. The summed E-state index contributed by atoms with van der Waals surface area (Å²) in [6, 6.07) is 21.1. The van der Waals surface area contributed by atoms with E-state index in [1.807, 2.05) is 13.0 Å². The molecule has 1 atom stereocenters. The van der Waals surface area contributed by atoms with Crippen LogP contribution in [0.4, 0.5) is 5.69 Å². The quantitative estimate of drug-likeness (QED) is 0.384. The van der Waals surface area contributed by atoms with E-state index in [-0.39, 0.29) is 16.7 Å². The first-order chi connectivity index (χ1) is 17.3. The van der Waals surface area contributed by atoms with Gasteiger partial charge in [0, 0.05) is 0 Å². The molecule has 4 rings (SSSR count). The summed E-state index contributed by atoms with van der Waals surface area (Å²) in [5.41, 5.74) is 1.40. The fraction of sp³-hybridized carbons (Fsp3) is 0.192. The molecule has 3 aromatic carbocycles. The van der Waals surface area contributed by atoms with Crippen molar-refractivity contribution in [3.8, 4) is 5.75 Å². The molecule has 1 amide bonds. The molecule has 0 radical (unpaired) electrons. The van der Waals surface area contributed by atoms with Crippen molar-refractivity contribution in [2.45, 2.75) is 24.0 Å². The number of aliphatic imine (C=N–C) groups is 1. The highest BCUT2D eigenvalue weighted by atomic mass is 32.2. The van der Waals surface area contributed by atoms with Gasteiger partial charge in [-0.2, -0.15) is 4.31 Å². The molecule has 0 bridgehead atoms. The fourth-order valence-corrected chi connectivity index (χ4v) is 6.34. The number of esters is 1. The Kier molecular flexibility index (Phi) is 7.76. The van der Waals surface area contributed by atoms with E-state index in [0.29, 0.717) is 29.2 Å². The van der Waals surface area contributed by atoms with Crippen LogP contribution in [0.2, 0.25) is 0 Å². The van der Waals surface area contributed by atoms with Crippen LogP contribution in [-0.2, 0) is 19.6 Å². The Morgan fingerprint density at radius 1 is 0.944 bits per heavy atom. The lowest BCUT2D eigenvalue weighted by molar-refractivity contribution is -0.122. The number of hydrogen-bond acceptors (Lipinski definition) is 8. The van der Waals surface area contributed by atoms with Gasteiger partial charge in [0.05, 0.1) is 29.4 Å². The topological polar surface area (TPSA) is 102 Å². The van der Waals surface area contributed by atoms with Crippen molar-refractivity contribution >= 4 is 44.5 Å². The van der Waals surface area contributed by atoms with Crippen LogP contribution in [0.5, 0.6) is 5.75 Å². The highest BCUT2D eigenvalue weighted by Crippen LogP contribution is 2.43. The molecule has 0 unspecified atom stereocenters. The Balaban J connectivity index is 1.73. The average molecular weight is 525 g/mol. The fourth-order valence-electron chi connectivity index (χ4n) is 3.51. The summed E-state index contributed by atoms with van der Waals surface area (Å²) in [4.78, 5) is 29.8. The van der Waals surface area contributed by atoms with Gasteiger partial charge in [-0.05, 0) is 67.9 Å². The number of carbonyl (C=O) groups is 2. The van der Waals surface area contributed by atoms with Crippen LogP contribution in [0.1, 0.15) is 35.0 Å². The predicted molar refractivity (Wildman–Crippen MR) is 138 cm³/mol. The van der Waals surface area contributed by atoms with E-state index >= 15 is 0 Å². The lowest BCUT2D eigenvalue weighted by Gasteiger charge is -2.17. The van der Waals surface area contributed by atoms with Crippen LogP contribution >= 0.6 is 11.8 Å². The van der Waals surface area contributed by atoms with Gasteiger partial charge in [0.25, 0.3) is 15.9 Å². The molecule has 8 nitrogen and oxygen atoms in total. The van der Waals surface area contributed by atoms with E-state index in [1.165, 1.54) is 12.1 Å². The normalized spacial score (nSPS) is 16.8. The second-order valence-electron chi connectivity index (χ2n) is 7.58. The second kappa shape index (κ2) is 11.0. The summed E-state index contributed by atoms with van der Waals surface area (Å²) in [6.45, 7) is 4.24. The van der Waals surface area contributed by atoms with E-state index in [0.717, 1.165) is 16.1 Å². The summed E-state index contributed by atoms with van der Waals surface area (Å²) >= 11 is 1.06. The Hall–Kier alpha value is -3.63. The molecule has 1 saturated heterocycles. The second-order valence-corrected chi connectivity index (χ2v) is 10.4. The molecule has 1 aliphatic heterocycles. The van der Waals surface area contributed by atoms with Crippen LogP contribution in [0.15, 0.2) is 88.8 Å². The van der Waals surface area contributed by atoms with Crippen LogP contribution in [0, 0.1) is 0 Å². The molecule has 0 aromatic heterocycles. The minimum Gasteiger partial charge on any atom is -0.494 e. The third-order valence-corrected chi connectivity index (χ3v) is 8.21. The first-order valence-electron chi connectivity index (χ1n) is 11.2. The molecule has 0 spiro atoms. The number of nitrogens with zero attached hydrogens (tertiary/aromatic N) is 2. The zero-order valence-electron chi connectivity index (χ0n) is 19.7. The first kappa shape index (κ1) is 25.5. The number of amidine groups is 1. The number of carbonyl (C=O) groups excluding carboxylic acids is 2. The van der Waals surface area contributed by atoms with Crippen LogP contribution in [0.3, 0.4) is 0 Å². The third-order valence-electron chi connectivity index (χ3n) is 5.20. The first-order valence-corrected chi connectivity index (χ1v) is 13.6. The monoisotopic (exact) mass is 524 g/mol. The predicted octanol–water partition coefficient (Wildman–Crippen LogP) is 4.96. The molecule has 1 aliphatic rings. The summed E-state index contributed by atoms with van der Waals surface area (Å²) in [5, 5.41) is -0.757. The van der Waals surface area contributed by atoms with Crippen molar-refractivity contribution in [3.05, 3.63) is 90.0 Å². The van der Waals surface area contributed by atoms with E-state index in [1.54, 1.807) is 67.6 Å². The van der Waals surface area contributed by atoms with Gasteiger partial charge in [-0.3, -0.25) is 4.79 Å². The van der Waals surface area contributed by atoms with Gasteiger partial charge in [-0.1, -0.05) is 42.1 Å². The number of hydrogen-bond donors (Lipinski definition) is 0. The van der Waals surface area contributed by atoms with Gasteiger partial charge in [0.2, 0.25) is 0 Å². The lowest BCUT2D eigenvalue weighted by atomic mass is 10.1. The molecule has 0 N–H and O–H groups in total. The van der Waals surface area contributed by atoms with Crippen LogP contribution in [0.25, 0.3) is 0 Å². The molecule has 1 heterocycles. The third kappa shape index (κ3) is 5.29. The molecule has 3 aromatic rings. The molecule has 10 heteroatoms. The number of benzene rings is 3. The standard InChI is InChI=1S/C26H24N2O6S2/c1-3-33-21-14-16-22(17-15-21)36(31,32)28-24(29)23(18-8-6-5-7-9-18)35-26(28)27-20-12-10-19(11-13-20)25(30)34-4-2/h5-17,23H,3-4H2,1-2H3/t23-/m0/s1. The molecule has 186 valence electrons. The number of rotatable bonds is 8. The maximum Gasteiger partial charge on any atom is 0.338 e. The largest absolute Gasteiger partial charge is 0.494 e. The van der Waals surface area contributed by atoms with Crippen molar-refractivity contribution in [2.24, 2.45) is 4.99 Å². The zero-order chi connectivity index (χ0) is 25.7. The van der Waals surface area contributed by atoms with Gasteiger partial charge in [0.15, 0.2) is 5.17 Å². The summed E-state index contributed by atoms with van der Waals surface area (Å²) in [5.74, 6) is -0.552. The Bertz CT molecular complexity index is 1370. The smallest absolute Gasteiger partial charge is 0.338 e. The van der Waals surface area contributed by atoms with Crippen molar-refractivity contribution < 1.29 is 27.5 Å². The van der Waals surface area contributed by atoms with Gasteiger partial charge >= 0.3 is 5.97 Å². The molecular weight excluding hydrogens is 500 g/mol. The lowest BCUT2D eigenvalue weighted by Crippen LogP contribution is -2.36. The van der Waals surface area contributed by atoms with Crippen molar-refractivity contribution in [1.29, 1.82) is 0 Å². The van der Waals surface area contributed by atoms with E-state index in [4.69, 9.17) is 9.47 Å². The number of sulfonamides is 1. The summed E-state index contributed by atoms with van der Waals surface area (Å²) in [7, 11) is -4.26. The van der Waals surface area contributed by atoms with Gasteiger partial charge in [0.1, 0.15) is 11.0 Å². The Labute approximate surface area is 214 Å². The van der Waals surface area contributed by atoms with Crippen molar-refractivity contribution in [3.63, 3.8) is 0 Å². The van der Waals surface area contributed by atoms with Crippen molar-refractivity contribution in [2.75, 3.05) is 13.2 Å². The molecular formula is C26H24N2O6S2. The highest BCUT2D eigenvalue weighted by molar-refractivity contribution is 8.16. The maximum absolute atomic E-state index is 13.6. The van der Waals surface area contributed by atoms with E-state index in [9.17, 15) is 18.0 Å². The SMILES string of the molecule is CCOC(=O)c1ccc(N=C2S[C@@H](c3ccccc3)C(=O)N2S(=O)(=O)c2ccc(OCC)cc2)cc1. The minimum atomic E-state index is -4.26. The van der Waals surface area contributed by atoms with Crippen molar-refractivity contribution in [1.82, 2.24) is 4.31 Å². The minimum absolute atomic E-state index is 0.0200. The van der Waals surface area contributed by atoms with Gasteiger partial charge in [-0.15, -0.1) is 0 Å². The molecule has 36 heavy (non-hydrogen) atoms. The molecule has 0 aliphatic carbocycles. The van der Waals surface area contributed by atoms with Crippen LogP contribution < -0.4 is 4.74 Å². The molecule has 1 fully saturated rings. The number of thioether (sulfide) groups is 1. The number of amides is 1. The average Bonchev–Trinajstić information content (AvgIpc) is 3.22. The van der Waals surface area contributed by atoms with E-state index in [2.05, 4.69) is 4.99 Å². The van der Waals surface area contributed by atoms with E-state index < -0.39 is 27.1 Å². The van der Waals surface area contributed by atoms with Gasteiger partial charge in [-0.25, -0.2) is 18.2 Å². The zero-order valence-corrected chi connectivity index (χ0v) is 21.3. The summed E-state index contributed by atoms with van der Waals surface area (Å²) < 4.78 is 38.4. The Morgan fingerprint density at radius 3 is 2.22 bits per heavy atom. The Morgan fingerprint density at radius 2 is 1.61 bits per heavy atom. The number of ether oxygens (including phenoxy) is 2. The highest BCUT2D eigenvalue weighted by Gasteiger charge is 2.46.